The van der Waals surface area contributed by atoms with Gasteiger partial charge in [-0.25, -0.2) is 9.97 Å². The Bertz CT molecular complexity index is 523. The summed E-state index contributed by atoms with van der Waals surface area (Å²) in [4.78, 5) is 28.0. The normalized spacial score (nSPS) is 21.8. The van der Waals surface area contributed by atoms with Gasteiger partial charge in [0.05, 0.1) is 6.10 Å². The Morgan fingerprint density at radius 1 is 0.960 bits per heavy atom. The molecule has 8 nitrogen and oxygen atoms in total. The molecule has 138 valence electrons. The van der Waals surface area contributed by atoms with Crippen LogP contribution in [0.2, 0.25) is 0 Å². The predicted octanol–water partition coefficient (Wildman–Crippen LogP) is -0.876. The maximum atomic E-state index is 10.8. The van der Waals surface area contributed by atoms with Gasteiger partial charge in [0.2, 0.25) is 12.4 Å². The molecule has 1 unspecified atom stereocenters. The van der Waals surface area contributed by atoms with Crippen molar-refractivity contribution in [1.82, 2.24) is 24.7 Å². The van der Waals surface area contributed by atoms with Crippen LogP contribution in [0.3, 0.4) is 0 Å². The minimum Gasteiger partial charge on any atom is -0.390 e. The van der Waals surface area contributed by atoms with Crippen LogP contribution in [0.1, 0.15) is 6.42 Å². The van der Waals surface area contributed by atoms with Crippen molar-refractivity contribution >= 4 is 12.4 Å². The summed E-state index contributed by atoms with van der Waals surface area (Å²) < 4.78 is 0. The highest BCUT2D eigenvalue weighted by molar-refractivity contribution is 5.47. The molecular formula is C17H28N6O2. The molecule has 0 aromatic carbocycles. The fourth-order valence-electron chi connectivity index (χ4n) is 3.51. The lowest BCUT2D eigenvalue weighted by Crippen LogP contribution is -2.49. The zero-order valence-electron chi connectivity index (χ0n) is 14.7. The van der Waals surface area contributed by atoms with Gasteiger partial charge in [-0.15, -0.1) is 0 Å². The van der Waals surface area contributed by atoms with Crippen molar-refractivity contribution in [1.29, 1.82) is 0 Å². The molecule has 2 fully saturated rings. The largest absolute Gasteiger partial charge is 0.390 e. The number of aliphatic hydroxyl groups excluding tert-OH is 1. The van der Waals surface area contributed by atoms with Gasteiger partial charge in [-0.1, -0.05) is 0 Å². The van der Waals surface area contributed by atoms with Crippen molar-refractivity contribution in [3.8, 4) is 0 Å². The average molecular weight is 348 g/mol. The highest BCUT2D eigenvalue weighted by Gasteiger charge is 2.22. The lowest BCUT2D eigenvalue weighted by atomic mass is 10.2. The van der Waals surface area contributed by atoms with E-state index in [9.17, 15) is 9.90 Å². The van der Waals surface area contributed by atoms with Gasteiger partial charge in [0.25, 0.3) is 0 Å². The van der Waals surface area contributed by atoms with E-state index in [1.165, 1.54) is 0 Å². The van der Waals surface area contributed by atoms with Crippen LogP contribution in [0, 0.1) is 0 Å². The van der Waals surface area contributed by atoms with E-state index in [-0.39, 0.29) is 6.10 Å². The number of aliphatic hydroxyl groups is 1. The van der Waals surface area contributed by atoms with Crippen LogP contribution in [-0.4, -0.2) is 108 Å². The molecule has 0 saturated carbocycles. The first-order chi connectivity index (χ1) is 12.2. The average Bonchev–Trinajstić information content (AvgIpc) is 2.88. The topological polar surface area (TPSA) is 76.0 Å². The molecule has 0 spiro atoms. The minimum absolute atomic E-state index is 0.359. The van der Waals surface area contributed by atoms with Crippen molar-refractivity contribution in [2.24, 2.45) is 0 Å². The Labute approximate surface area is 149 Å². The van der Waals surface area contributed by atoms with Gasteiger partial charge in [-0.05, 0) is 19.0 Å². The van der Waals surface area contributed by atoms with Crippen molar-refractivity contribution in [2.75, 3.05) is 70.3 Å². The Morgan fingerprint density at radius 3 is 2.28 bits per heavy atom. The highest BCUT2D eigenvalue weighted by atomic mass is 16.3. The van der Waals surface area contributed by atoms with Crippen molar-refractivity contribution in [2.45, 2.75) is 12.5 Å². The number of nitrogens with zero attached hydrogens (tertiary/aromatic N) is 6. The number of piperazine rings is 1. The van der Waals surface area contributed by atoms with E-state index >= 15 is 0 Å². The minimum atomic E-state index is -0.359. The van der Waals surface area contributed by atoms with E-state index in [1.54, 1.807) is 17.3 Å². The molecule has 1 aromatic heterocycles. The second kappa shape index (κ2) is 9.07. The number of aromatic nitrogens is 2. The monoisotopic (exact) mass is 348 g/mol. The number of amides is 1. The Balaban J connectivity index is 1.41. The zero-order valence-corrected chi connectivity index (χ0v) is 14.7. The van der Waals surface area contributed by atoms with Crippen LogP contribution in [0.25, 0.3) is 0 Å². The molecule has 0 bridgehead atoms. The van der Waals surface area contributed by atoms with Crippen LogP contribution in [0.15, 0.2) is 18.5 Å². The summed E-state index contributed by atoms with van der Waals surface area (Å²) in [5.41, 5.74) is 0. The fraction of sp³-hybridized carbons (Fsp3) is 0.706. The Morgan fingerprint density at radius 2 is 1.60 bits per heavy atom. The number of carbonyl (C=O) groups is 1. The molecule has 3 rings (SSSR count). The number of anilines is 1. The van der Waals surface area contributed by atoms with Gasteiger partial charge in [0.1, 0.15) is 0 Å². The summed E-state index contributed by atoms with van der Waals surface area (Å²) in [7, 11) is 0. The molecule has 2 aliphatic heterocycles. The molecule has 1 aromatic rings. The third kappa shape index (κ3) is 5.35. The first kappa shape index (κ1) is 18.0. The van der Waals surface area contributed by atoms with Crippen LogP contribution in [0.5, 0.6) is 0 Å². The SMILES string of the molecule is O=CN1CCN(CC(O)CN2CCCN(c3ncccn3)CC2)CC1. The van der Waals surface area contributed by atoms with E-state index in [0.717, 1.165) is 71.1 Å². The quantitative estimate of drug-likeness (QED) is 0.669. The van der Waals surface area contributed by atoms with E-state index in [4.69, 9.17) is 0 Å². The van der Waals surface area contributed by atoms with Crippen LogP contribution >= 0.6 is 0 Å². The van der Waals surface area contributed by atoms with E-state index in [2.05, 4.69) is 24.7 Å². The standard InChI is InChI=1S/C17H28N6O2/c24-15-22-9-7-21(8-10-22)14-16(25)13-20-5-2-6-23(12-11-20)17-18-3-1-4-19-17/h1,3-4,15-16,25H,2,5-14H2. The van der Waals surface area contributed by atoms with Gasteiger partial charge >= 0.3 is 0 Å². The number of carbonyl (C=O) groups excluding carboxylic acids is 1. The molecule has 0 aliphatic carbocycles. The Hall–Kier alpha value is -1.77. The third-order valence-electron chi connectivity index (χ3n) is 4.92. The second-order valence-corrected chi connectivity index (χ2v) is 6.79. The molecule has 2 saturated heterocycles. The summed E-state index contributed by atoms with van der Waals surface area (Å²) in [6, 6.07) is 1.83. The number of hydrogen-bond acceptors (Lipinski definition) is 7. The number of hydrogen-bond donors (Lipinski definition) is 1. The van der Waals surface area contributed by atoms with Crippen LogP contribution in [0.4, 0.5) is 5.95 Å². The molecular weight excluding hydrogens is 320 g/mol. The summed E-state index contributed by atoms with van der Waals surface area (Å²) in [5, 5.41) is 10.4. The zero-order chi connectivity index (χ0) is 17.5. The van der Waals surface area contributed by atoms with Crippen molar-refractivity contribution in [3.05, 3.63) is 18.5 Å². The van der Waals surface area contributed by atoms with Gasteiger partial charge in [0, 0.05) is 71.3 Å². The second-order valence-electron chi connectivity index (χ2n) is 6.79. The van der Waals surface area contributed by atoms with E-state index in [1.807, 2.05) is 6.07 Å². The predicted molar refractivity (Wildman–Crippen MR) is 95.4 cm³/mol. The maximum absolute atomic E-state index is 10.8. The number of rotatable bonds is 6. The summed E-state index contributed by atoms with van der Waals surface area (Å²) in [5.74, 6) is 0.790. The molecule has 3 heterocycles. The van der Waals surface area contributed by atoms with Gasteiger partial charge < -0.3 is 14.9 Å². The van der Waals surface area contributed by atoms with E-state index < -0.39 is 0 Å². The fourth-order valence-corrected chi connectivity index (χ4v) is 3.51. The molecule has 8 heteroatoms. The van der Waals surface area contributed by atoms with Crippen molar-refractivity contribution in [3.63, 3.8) is 0 Å². The van der Waals surface area contributed by atoms with Gasteiger partial charge in [-0.3, -0.25) is 14.6 Å². The lowest BCUT2D eigenvalue weighted by Gasteiger charge is -2.34. The maximum Gasteiger partial charge on any atom is 0.225 e. The Kier molecular flexibility index (Phi) is 6.55. The summed E-state index contributed by atoms with van der Waals surface area (Å²) >= 11 is 0. The molecule has 1 N–H and O–H groups in total. The summed E-state index contributed by atoms with van der Waals surface area (Å²) in [6.07, 6.45) is 5.15. The highest BCUT2D eigenvalue weighted by Crippen LogP contribution is 2.11. The van der Waals surface area contributed by atoms with Crippen LogP contribution < -0.4 is 4.90 Å². The van der Waals surface area contributed by atoms with Crippen molar-refractivity contribution < 1.29 is 9.90 Å². The molecule has 0 radical (unpaired) electrons. The van der Waals surface area contributed by atoms with Crippen LogP contribution in [-0.2, 0) is 4.79 Å². The molecule has 25 heavy (non-hydrogen) atoms. The molecule has 2 aliphatic rings. The lowest BCUT2D eigenvalue weighted by molar-refractivity contribution is -0.119. The molecule has 1 amide bonds. The third-order valence-corrected chi connectivity index (χ3v) is 4.92. The first-order valence-corrected chi connectivity index (χ1v) is 9.08. The van der Waals surface area contributed by atoms with E-state index in [0.29, 0.717) is 13.1 Å². The smallest absolute Gasteiger partial charge is 0.225 e. The van der Waals surface area contributed by atoms with Gasteiger partial charge in [0.15, 0.2) is 0 Å². The van der Waals surface area contributed by atoms with Gasteiger partial charge in [-0.2, -0.15) is 0 Å². The first-order valence-electron chi connectivity index (χ1n) is 9.08. The summed E-state index contributed by atoms with van der Waals surface area (Å²) in [6.45, 7) is 8.29. The number of β-amino-alcohol motifs (C(OH)–C–C–N with tert-alkyl or cyclic N) is 1. The molecule has 1 atom stereocenters.